The fourth-order valence-corrected chi connectivity index (χ4v) is 2.89. The number of ether oxygens (including phenoxy) is 1. The van der Waals surface area contributed by atoms with E-state index in [1.807, 2.05) is 13.8 Å². The molecule has 1 aliphatic heterocycles. The SMILES string of the molecule is CCC1CCCCN1c1cc(OC(C)C)c(F)cc1N. The maximum atomic E-state index is 13.9. The zero-order valence-electron chi connectivity index (χ0n) is 12.7. The Morgan fingerprint density at radius 2 is 2.15 bits per heavy atom. The van der Waals surface area contributed by atoms with E-state index in [-0.39, 0.29) is 11.9 Å². The van der Waals surface area contributed by atoms with E-state index in [0.29, 0.717) is 17.5 Å². The molecule has 1 atom stereocenters. The standard InChI is InChI=1S/C16H25FN2O/c1-4-12-7-5-6-8-19(12)15-10-16(20-11(2)3)13(17)9-14(15)18/h9-12H,4-8,18H2,1-3H3. The van der Waals surface area contributed by atoms with Gasteiger partial charge in [0.05, 0.1) is 17.5 Å². The van der Waals surface area contributed by atoms with Crippen LogP contribution in [-0.2, 0) is 0 Å². The lowest BCUT2D eigenvalue weighted by Crippen LogP contribution is -2.39. The van der Waals surface area contributed by atoms with Gasteiger partial charge in [0.1, 0.15) is 0 Å². The van der Waals surface area contributed by atoms with E-state index in [0.717, 1.165) is 25.1 Å². The van der Waals surface area contributed by atoms with E-state index < -0.39 is 0 Å². The van der Waals surface area contributed by atoms with Gasteiger partial charge in [-0.05, 0) is 39.5 Å². The Bertz CT molecular complexity index is 462. The summed E-state index contributed by atoms with van der Waals surface area (Å²) in [5, 5.41) is 0. The molecule has 1 aliphatic rings. The molecule has 1 unspecified atom stereocenters. The molecular formula is C16H25FN2O. The van der Waals surface area contributed by atoms with Gasteiger partial charge < -0.3 is 15.4 Å². The van der Waals surface area contributed by atoms with Crippen LogP contribution >= 0.6 is 0 Å². The molecule has 112 valence electrons. The lowest BCUT2D eigenvalue weighted by Gasteiger charge is -2.38. The van der Waals surface area contributed by atoms with E-state index in [1.165, 1.54) is 18.9 Å². The molecule has 2 N–H and O–H groups in total. The number of benzene rings is 1. The average molecular weight is 280 g/mol. The highest BCUT2D eigenvalue weighted by atomic mass is 19.1. The van der Waals surface area contributed by atoms with Crippen LogP contribution in [0.1, 0.15) is 46.5 Å². The molecule has 0 spiro atoms. The third-order valence-electron chi connectivity index (χ3n) is 3.85. The third-order valence-corrected chi connectivity index (χ3v) is 3.85. The van der Waals surface area contributed by atoms with Crippen LogP contribution in [0.4, 0.5) is 15.8 Å². The minimum Gasteiger partial charge on any atom is -0.488 e. The van der Waals surface area contributed by atoms with Gasteiger partial charge in [-0.3, -0.25) is 0 Å². The van der Waals surface area contributed by atoms with Crippen LogP contribution in [0, 0.1) is 5.82 Å². The van der Waals surface area contributed by atoms with E-state index in [9.17, 15) is 4.39 Å². The molecule has 0 bridgehead atoms. The molecule has 1 fully saturated rings. The first-order chi connectivity index (χ1) is 9.52. The second-order valence-electron chi connectivity index (χ2n) is 5.76. The Morgan fingerprint density at radius 1 is 1.40 bits per heavy atom. The maximum absolute atomic E-state index is 13.9. The number of nitrogens with zero attached hydrogens (tertiary/aromatic N) is 1. The van der Waals surface area contributed by atoms with E-state index in [4.69, 9.17) is 10.5 Å². The lowest BCUT2D eigenvalue weighted by atomic mass is 9.98. The highest BCUT2D eigenvalue weighted by Gasteiger charge is 2.24. The highest BCUT2D eigenvalue weighted by molar-refractivity contribution is 5.70. The summed E-state index contributed by atoms with van der Waals surface area (Å²) in [7, 11) is 0. The van der Waals surface area contributed by atoms with Gasteiger partial charge in [0.2, 0.25) is 0 Å². The van der Waals surface area contributed by atoms with Gasteiger partial charge in [-0.2, -0.15) is 0 Å². The van der Waals surface area contributed by atoms with Crippen molar-refractivity contribution in [3.8, 4) is 5.75 Å². The molecular weight excluding hydrogens is 255 g/mol. The van der Waals surface area contributed by atoms with Gasteiger partial charge in [0, 0.05) is 24.7 Å². The number of anilines is 2. The second kappa shape index (κ2) is 6.33. The summed E-state index contributed by atoms with van der Waals surface area (Å²) in [5.74, 6) is -0.0883. The molecule has 1 saturated heterocycles. The van der Waals surface area contributed by atoms with Gasteiger partial charge in [0.15, 0.2) is 11.6 Å². The summed E-state index contributed by atoms with van der Waals surface area (Å²) in [4.78, 5) is 2.31. The van der Waals surface area contributed by atoms with Crippen LogP contribution in [-0.4, -0.2) is 18.7 Å². The Balaban J connectivity index is 2.34. The summed E-state index contributed by atoms with van der Waals surface area (Å²) in [6.07, 6.45) is 4.62. The van der Waals surface area contributed by atoms with Gasteiger partial charge in [-0.25, -0.2) is 4.39 Å². The van der Waals surface area contributed by atoms with Crippen LogP contribution in [0.5, 0.6) is 5.75 Å². The number of hydrogen-bond acceptors (Lipinski definition) is 3. The minimum atomic E-state index is -0.384. The molecule has 0 aliphatic carbocycles. The number of nitrogen functional groups attached to an aromatic ring is 1. The van der Waals surface area contributed by atoms with Crippen molar-refractivity contribution in [2.45, 2.75) is 58.6 Å². The Kier molecular flexibility index (Phi) is 4.73. The Hall–Kier alpha value is -1.45. The fraction of sp³-hybridized carbons (Fsp3) is 0.625. The smallest absolute Gasteiger partial charge is 0.167 e. The average Bonchev–Trinajstić information content (AvgIpc) is 2.41. The zero-order chi connectivity index (χ0) is 14.7. The molecule has 0 aromatic heterocycles. The first-order valence-corrected chi connectivity index (χ1v) is 7.55. The van der Waals surface area contributed by atoms with Crippen LogP contribution in [0.25, 0.3) is 0 Å². The molecule has 0 amide bonds. The van der Waals surface area contributed by atoms with E-state index >= 15 is 0 Å². The number of nitrogens with two attached hydrogens (primary N) is 1. The van der Waals surface area contributed by atoms with Crippen LogP contribution in [0.3, 0.4) is 0 Å². The van der Waals surface area contributed by atoms with Crippen LogP contribution < -0.4 is 15.4 Å². The van der Waals surface area contributed by atoms with E-state index in [2.05, 4.69) is 11.8 Å². The van der Waals surface area contributed by atoms with Gasteiger partial charge in [-0.15, -0.1) is 0 Å². The highest BCUT2D eigenvalue weighted by Crippen LogP contribution is 2.35. The largest absolute Gasteiger partial charge is 0.488 e. The number of piperidine rings is 1. The van der Waals surface area contributed by atoms with Crippen molar-refractivity contribution in [3.63, 3.8) is 0 Å². The quantitative estimate of drug-likeness (QED) is 0.848. The van der Waals surface area contributed by atoms with Gasteiger partial charge in [-0.1, -0.05) is 6.92 Å². The predicted octanol–water partition coefficient (Wildman–Crippen LogP) is 3.96. The zero-order valence-corrected chi connectivity index (χ0v) is 12.7. The molecule has 1 aromatic rings. The Labute approximate surface area is 120 Å². The van der Waals surface area contributed by atoms with E-state index in [1.54, 1.807) is 6.07 Å². The second-order valence-corrected chi connectivity index (χ2v) is 5.76. The molecule has 2 rings (SSSR count). The van der Waals surface area contributed by atoms with Crippen molar-refractivity contribution in [2.24, 2.45) is 0 Å². The molecule has 4 heteroatoms. The van der Waals surface area contributed by atoms with Crippen molar-refractivity contribution in [2.75, 3.05) is 17.2 Å². The molecule has 1 heterocycles. The fourth-order valence-electron chi connectivity index (χ4n) is 2.89. The van der Waals surface area contributed by atoms with Crippen LogP contribution in [0.15, 0.2) is 12.1 Å². The topological polar surface area (TPSA) is 38.5 Å². The minimum absolute atomic E-state index is 0.0516. The number of rotatable bonds is 4. The van der Waals surface area contributed by atoms with Crippen molar-refractivity contribution in [3.05, 3.63) is 17.9 Å². The maximum Gasteiger partial charge on any atom is 0.167 e. The monoisotopic (exact) mass is 280 g/mol. The molecule has 3 nitrogen and oxygen atoms in total. The Morgan fingerprint density at radius 3 is 2.80 bits per heavy atom. The summed E-state index contributed by atoms with van der Waals surface area (Å²) in [6, 6.07) is 3.64. The first kappa shape index (κ1) is 14.9. The summed E-state index contributed by atoms with van der Waals surface area (Å²) >= 11 is 0. The lowest BCUT2D eigenvalue weighted by molar-refractivity contribution is 0.231. The van der Waals surface area contributed by atoms with Gasteiger partial charge in [0.25, 0.3) is 0 Å². The summed E-state index contributed by atoms with van der Waals surface area (Å²) in [6.45, 7) is 6.96. The normalized spacial score (nSPS) is 19.4. The van der Waals surface area contributed by atoms with Crippen molar-refractivity contribution in [1.82, 2.24) is 0 Å². The van der Waals surface area contributed by atoms with Crippen LogP contribution in [0.2, 0.25) is 0 Å². The summed E-state index contributed by atoms with van der Waals surface area (Å²) in [5.41, 5.74) is 7.44. The number of halogens is 1. The van der Waals surface area contributed by atoms with Gasteiger partial charge >= 0.3 is 0 Å². The molecule has 20 heavy (non-hydrogen) atoms. The molecule has 0 saturated carbocycles. The third kappa shape index (κ3) is 3.17. The molecule has 0 radical (unpaired) electrons. The number of hydrogen-bond donors (Lipinski definition) is 1. The predicted molar refractivity (Wildman–Crippen MR) is 81.9 cm³/mol. The van der Waals surface area contributed by atoms with Crippen molar-refractivity contribution in [1.29, 1.82) is 0 Å². The van der Waals surface area contributed by atoms with Crippen molar-refractivity contribution < 1.29 is 9.13 Å². The summed E-state index contributed by atoms with van der Waals surface area (Å²) < 4.78 is 19.5. The van der Waals surface area contributed by atoms with Crippen molar-refractivity contribution >= 4 is 11.4 Å². The molecule has 1 aromatic carbocycles. The first-order valence-electron chi connectivity index (χ1n) is 7.55.